The maximum absolute atomic E-state index is 12.9. The van der Waals surface area contributed by atoms with Crippen LogP contribution in [0.4, 0.5) is 0 Å². The Labute approximate surface area is 186 Å². The van der Waals surface area contributed by atoms with Gasteiger partial charge < -0.3 is 10.3 Å². The van der Waals surface area contributed by atoms with Crippen LogP contribution >= 0.6 is 0 Å². The molecule has 1 fully saturated rings. The first-order chi connectivity index (χ1) is 15.7. The van der Waals surface area contributed by atoms with Crippen molar-refractivity contribution in [2.45, 2.75) is 32.1 Å². The zero-order chi connectivity index (χ0) is 21.9. The number of para-hydroxylation sites is 1. The summed E-state index contributed by atoms with van der Waals surface area (Å²) >= 11 is 0. The normalized spacial score (nSPS) is 14.8. The van der Waals surface area contributed by atoms with E-state index < -0.39 is 0 Å². The maximum Gasteiger partial charge on any atom is 0.188 e. The number of H-pyrrole nitrogens is 1. The lowest BCUT2D eigenvalue weighted by Gasteiger charge is -2.22. The van der Waals surface area contributed by atoms with Crippen LogP contribution in [-0.4, -0.2) is 39.6 Å². The van der Waals surface area contributed by atoms with E-state index in [1.54, 1.807) is 6.20 Å². The fraction of sp³-hybridized carbons (Fsp3) is 0.308. The Kier molecular flexibility index (Phi) is 5.77. The molecule has 0 bridgehead atoms. The number of carbonyl (C=O) groups excluding carboxylic acids is 2. The third-order valence-corrected chi connectivity index (χ3v) is 6.35. The van der Waals surface area contributed by atoms with E-state index in [0.717, 1.165) is 48.6 Å². The Bertz CT molecular complexity index is 1290. The maximum atomic E-state index is 12.9. The molecule has 0 aliphatic carbocycles. The standard InChI is InChI=1S/C26H26N4O2/c31-23(9-8-17-10-12-27-13-11-17)20-6-3-7-21-26(20)30-25(29-21)15-24(32)22-14-18-4-1-2-5-19(18)16-28-22/h1-7,14,16-17,27H,8-13,15H2,(H,29,30). The molecule has 6 heteroatoms. The molecule has 0 amide bonds. The van der Waals surface area contributed by atoms with E-state index in [1.807, 2.05) is 48.5 Å². The number of nitrogens with zero attached hydrogens (tertiary/aromatic N) is 2. The highest BCUT2D eigenvalue weighted by molar-refractivity contribution is 6.06. The van der Waals surface area contributed by atoms with Crippen LogP contribution < -0.4 is 5.32 Å². The third kappa shape index (κ3) is 4.32. The van der Waals surface area contributed by atoms with Crippen molar-refractivity contribution in [2.75, 3.05) is 13.1 Å². The van der Waals surface area contributed by atoms with E-state index in [2.05, 4.69) is 20.3 Å². The van der Waals surface area contributed by atoms with Crippen molar-refractivity contribution < 1.29 is 9.59 Å². The van der Waals surface area contributed by atoms with Crippen LogP contribution in [-0.2, 0) is 6.42 Å². The fourth-order valence-corrected chi connectivity index (χ4v) is 4.51. The zero-order valence-electron chi connectivity index (χ0n) is 17.9. The monoisotopic (exact) mass is 426 g/mol. The first-order valence-electron chi connectivity index (χ1n) is 11.3. The molecule has 1 saturated heterocycles. The first-order valence-corrected chi connectivity index (χ1v) is 11.3. The highest BCUT2D eigenvalue weighted by atomic mass is 16.1. The number of benzene rings is 2. The fourth-order valence-electron chi connectivity index (χ4n) is 4.51. The first kappa shape index (κ1) is 20.5. The van der Waals surface area contributed by atoms with Crippen molar-refractivity contribution in [3.8, 4) is 0 Å². The molecule has 3 heterocycles. The molecule has 1 aliphatic rings. The topological polar surface area (TPSA) is 87.7 Å². The lowest BCUT2D eigenvalue weighted by atomic mass is 9.91. The predicted molar refractivity (Wildman–Crippen MR) is 125 cm³/mol. The van der Waals surface area contributed by atoms with Crippen LogP contribution in [0.25, 0.3) is 21.8 Å². The second kappa shape index (κ2) is 9.01. The average molecular weight is 427 g/mol. The van der Waals surface area contributed by atoms with Gasteiger partial charge in [-0.1, -0.05) is 30.3 Å². The predicted octanol–water partition coefficient (Wildman–Crippen LogP) is 4.50. The van der Waals surface area contributed by atoms with Crippen molar-refractivity contribution in [2.24, 2.45) is 5.92 Å². The number of fused-ring (bicyclic) bond motifs is 2. The van der Waals surface area contributed by atoms with Crippen LogP contribution in [0.1, 0.15) is 52.4 Å². The number of rotatable bonds is 7. The molecular formula is C26H26N4O2. The van der Waals surface area contributed by atoms with Gasteiger partial charge in [0.1, 0.15) is 11.5 Å². The zero-order valence-corrected chi connectivity index (χ0v) is 17.9. The molecule has 2 N–H and O–H groups in total. The van der Waals surface area contributed by atoms with Gasteiger partial charge in [0.25, 0.3) is 0 Å². The van der Waals surface area contributed by atoms with Gasteiger partial charge in [-0.3, -0.25) is 14.6 Å². The molecule has 32 heavy (non-hydrogen) atoms. The number of nitrogens with one attached hydrogen (secondary N) is 2. The van der Waals surface area contributed by atoms with Gasteiger partial charge in [-0.2, -0.15) is 0 Å². The number of aromatic nitrogens is 3. The van der Waals surface area contributed by atoms with Gasteiger partial charge in [-0.15, -0.1) is 0 Å². The highest BCUT2D eigenvalue weighted by Crippen LogP contribution is 2.23. The summed E-state index contributed by atoms with van der Waals surface area (Å²) in [4.78, 5) is 37.9. The van der Waals surface area contributed by atoms with Gasteiger partial charge in [0, 0.05) is 23.6 Å². The van der Waals surface area contributed by atoms with E-state index in [-0.39, 0.29) is 18.0 Å². The molecule has 5 rings (SSSR count). The number of aromatic amines is 1. The number of piperidine rings is 1. The minimum Gasteiger partial charge on any atom is -0.342 e. The van der Waals surface area contributed by atoms with E-state index in [0.29, 0.717) is 34.9 Å². The Morgan fingerprint density at radius 3 is 2.62 bits per heavy atom. The van der Waals surface area contributed by atoms with Crippen LogP contribution in [0.15, 0.2) is 54.7 Å². The molecule has 2 aromatic heterocycles. The molecule has 0 saturated carbocycles. The molecule has 0 radical (unpaired) electrons. The van der Waals surface area contributed by atoms with Crippen molar-refractivity contribution >= 4 is 33.4 Å². The minimum absolute atomic E-state index is 0.103. The SMILES string of the molecule is O=C(Cc1nc2c(C(=O)CCC3CCNCC3)cccc2[nH]1)c1cc2ccccc2cn1. The van der Waals surface area contributed by atoms with E-state index in [9.17, 15) is 9.59 Å². The molecule has 6 nitrogen and oxygen atoms in total. The Hall–Kier alpha value is -3.38. The van der Waals surface area contributed by atoms with Crippen molar-refractivity contribution in [3.05, 3.63) is 71.8 Å². The quantitative estimate of drug-likeness (QED) is 0.425. The molecule has 0 atom stereocenters. The molecule has 2 aromatic carbocycles. The van der Waals surface area contributed by atoms with Crippen molar-refractivity contribution in [1.29, 1.82) is 0 Å². The molecular weight excluding hydrogens is 400 g/mol. The number of imidazole rings is 1. The highest BCUT2D eigenvalue weighted by Gasteiger charge is 2.19. The van der Waals surface area contributed by atoms with Crippen LogP contribution in [0.2, 0.25) is 0 Å². The number of ketones is 2. The number of hydrogen-bond donors (Lipinski definition) is 2. The summed E-state index contributed by atoms with van der Waals surface area (Å²) in [5.41, 5.74) is 2.49. The number of Topliss-reactive ketones (excluding diaryl/α,β-unsaturated/α-hetero) is 2. The third-order valence-electron chi connectivity index (χ3n) is 6.35. The summed E-state index contributed by atoms with van der Waals surface area (Å²) in [5.74, 6) is 1.18. The molecule has 1 aliphatic heterocycles. The Morgan fingerprint density at radius 1 is 0.969 bits per heavy atom. The average Bonchev–Trinajstić information content (AvgIpc) is 3.25. The lowest BCUT2D eigenvalue weighted by molar-refractivity contribution is 0.0969. The summed E-state index contributed by atoms with van der Waals surface area (Å²) in [5, 5.41) is 5.35. The molecule has 162 valence electrons. The van der Waals surface area contributed by atoms with Gasteiger partial charge in [0.15, 0.2) is 11.6 Å². The number of carbonyl (C=O) groups is 2. The van der Waals surface area contributed by atoms with Crippen LogP contribution in [0.3, 0.4) is 0 Å². The smallest absolute Gasteiger partial charge is 0.188 e. The Balaban J connectivity index is 1.32. The van der Waals surface area contributed by atoms with Gasteiger partial charge in [-0.05, 0) is 61.9 Å². The van der Waals surface area contributed by atoms with Gasteiger partial charge >= 0.3 is 0 Å². The van der Waals surface area contributed by atoms with Crippen molar-refractivity contribution in [3.63, 3.8) is 0 Å². The molecule has 4 aromatic rings. The largest absolute Gasteiger partial charge is 0.342 e. The number of pyridine rings is 1. The summed E-state index contributed by atoms with van der Waals surface area (Å²) in [6.45, 7) is 2.08. The lowest BCUT2D eigenvalue weighted by Crippen LogP contribution is -2.28. The van der Waals surface area contributed by atoms with Crippen molar-refractivity contribution in [1.82, 2.24) is 20.3 Å². The second-order valence-corrected chi connectivity index (χ2v) is 8.56. The Morgan fingerprint density at radius 2 is 1.78 bits per heavy atom. The minimum atomic E-state index is -0.103. The van der Waals surface area contributed by atoms with Gasteiger partial charge in [-0.25, -0.2) is 4.98 Å². The van der Waals surface area contributed by atoms with E-state index in [4.69, 9.17) is 0 Å². The van der Waals surface area contributed by atoms with Gasteiger partial charge in [0.05, 0.1) is 17.5 Å². The summed E-state index contributed by atoms with van der Waals surface area (Å²) < 4.78 is 0. The summed E-state index contributed by atoms with van der Waals surface area (Å²) in [7, 11) is 0. The van der Waals surface area contributed by atoms with E-state index >= 15 is 0 Å². The summed E-state index contributed by atoms with van der Waals surface area (Å²) in [6, 6.07) is 15.3. The van der Waals surface area contributed by atoms with E-state index in [1.165, 1.54) is 0 Å². The summed E-state index contributed by atoms with van der Waals surface area (Å²) in [6.07, 6.45) is 5.55. The van der Waals surface area contributed by atoms with Crippen LogP contribution in [0.5, 0.6) is 0 Å². The van der Waals surface area contributed by atoms with Gasteiger partial charge in [0.2, 0.25) is 0 Å². The molecule has 0 spiro atoms. The second-order valence-electron chi connectivity index (χ2n) is 8.56. The number of hydrogen-bond acceptors (Lipinski definition) is 5. The van der Waals surface area contributed by atoms with Crippen LogP contribution in [0, 0.1) is 5.92 Å². The molecule has 0 unspecified atom stereocenters.